The van der Waals surface area contributed by atoms with Gasteiger partial charge >= 0.3 is 5.97 Å². The van der Waals surface area contributed by atoms with Gasteiger partial charge in [-0.2, -0.15) is 17.4 Å². The molecule has 2 N–H and O–H groups in total. The standard InChI is InChI=1S/C11H22N2O5S/c1-3-6-13(7-4-2)19(16,17)12-11(10(14)15)5-8-18-9-11/h12H,3-9H2,1-2H3,(H,14,15). The molecule has 1 unspecified atom stereocenters. The van der Waals surface area contributed by atoms with Crippen LogP contribution in [0.25, 0.3) is 0 Å². The third-order valence-corrected chi connectivity index (χ3v) is 4.73. The highest BCUT2D eigenvalue weighted by molar-refractivity contribution is 7.87. The van der Waals surface area contributed by atoms with Crippen molar-refractivity contribution >= 4 is 16.2 Å². The first kappa shape index (κ1) is 16.4. The molecule has 0 spiro atoms. The molecule has 1 fully saturated rings. The summed E-state index contributed by atoms with van der Waals surface area (Å²) in [4.78, 5) is 11.3. The third-order valence-electron chi connectivity index (χ3n) is 3.04. The fraction of sp³-hybridized carbons (Fsp3) is 0.909. The summed E-state index contributed by atoms with van der Waals surface area (Å²) in [6.45, 7) is 4.62. The van der Waals surface area contributed by atoms with E-state index < -0.39 is 21.7 Å². The second-order valence-corrected chi connectivity index (χ2v) is 6.37. The Balaban J connectivity index is 2.89. The summed E-state index contributed by atoms with van der Waals surface area (Å²) in [6.07, 6.45) is 1.50. The fourth-order valence-electron chi connectivity index (χ4n) is 2.02. The minimum atomic E-state index is -3.81. The van der Waals surface area contributed by atoms with Crippen LogP contribution in [-0.4, -0.2) is 55.6 Å². The Morgan fingerprint density at radius 2 is 1.95 bits per heavy atom. The lowest BCUT2D eigenvalue weighted by molar-refractivity contribution is -0.144. The number of carboxylic acid groups (broad SMARTS) is 1. The predicted molar refractivity (Wildman–Crippen MR) is 70.0 cm³/mol. The van der Waals surface area contributed by atoms with Crippen LogP contribution in [0.15, 0.2) is 0 Å². The topological polar surface area (TPSA) is 95.9 Å². The maximum absolute atomic E-state index is 12.3. The van der Waals surface area contributed by atoms with Gasteiger partial charge in [0.15, 0.2) is 5.54 Å². The van der Waals surface area contributed by atoms with Gasteiger partial charge in [0.05, 0.1) is 6.61 Å². The number of nitrogens with zero attached hydrogens (tertiary/aromatic N) is 1. The lowest BCUT2D eigenvalue weighted by Gasteiger charge is -2.28. The van der Waals surface area contributed by atoms with Gasteiger partial charge in [-0.25, -0.2) is 0 Å². The number of hydrogen-bond donors (Lipinski definition) is 2. The smallest absolute Gasteiger partial charge is 0.327 e. The largest absolute Gasteiger partial charge is 0.480 e. The summed E-state index contributed by atoms with van der Waals surface area (Å²) >= 11 is 0. The van der Waals surface area contributed by atoms with Crippen molar-refractivity contribution in [2.75, 3.05) is 26.3 Å². The van der Waals surface area contributed by atoms with E-state index in [-0.39, 0.29) is 19.6 Å². The Hall–Kier alpha value is -0.700. The minimum Gasteiger partial charge on any atom is -0.480 e. The molecular formula is C11H22N2O5S. The molecule has 0 saturated carbocycles. The molecule has 19 heavy (non-hydrogen) atoms. The molecule has 112 valence electrons. The first-order chi connectivity index (χ1) is 8.88. The van der Waals surface area contributed by atoms with E-state index in [4.69, 9.17) is 4.74 Å². The number of ether oxygens (including phenoxy) is 1. The molecule has 1 saturated heterocycles. The molecule has 0 amide bonds. The Morgan fingerprint density at radius 3 is 2.32 bits per heavy atom. The van der Waals surface area contributed by atoms with Crippen LogP contribution in [-0.2, 0) is 19.7 Å². The zero-order valence-electron chi connectivity index (χ0n) is 11.4. The Morgan fingerprint density at radius 1 is 1.37 bits per heavy atom. The SMILES string of the molecule is CCCN(CCC)S(=O)(=O)NC1(C(=O)O)CCOC1. The van der Waals surface area contributed by atoms with Gasteiger partial charge in [-0.3, -0.25) is 4.79 Å². The molecular weight excluding hydrogens is 272 g/mol. The minimum absolute atomic E-state index is 0.131. The van der Waals surface area contributed by atoms with Crippen LogP contribution >= 0.6 is 0 Å². The first-order valence-corrected chi connectivity index (χ1v) is 7.92. The molecule has 0 radical (unpaired) electrons. The highest BCUT2D eigenvalue weighted by Crippen LogP contribution is 2.21. The van der Waals surface area contributed by atoms with Gasteiger partial charge in [-0.05, 0) is 12.8 Å². The second-order valence-electron chi connectivity index (χ2n) is 4.70. The highest BCUT2D eigenvalue weighted by atomic mass is 32.2. The van der Waals surface area contributed by atoms with Crippen molar-refractivity contribution in [1.82, 2.24) is 9.03 Å². The normalized spacial score (nSPS) is 23.9. The van der Waals surface area contributed by atoms with Crippen LogP contribution in [0.1, 0.15) is 33.1 Å². The molecule has 1 atom stereocenters. The van der Waals surface area contributed by atoms with Gasteiger partial charge in [0.1, 0.15) is 0 Å². The van der Waals surface area contributed by atoms with Crippen molar-refractivity contribution in [2.45, 2.75) is 38.6 Å². The maximum atomic E-state index is 12.3. The molecule has 1 heterocycles. The fourth-order valence-corrected chi connectivity index (χ4v) is 3.74. The van der Waals surface area contributed by atoms with Crippen molar-refractivity contribution in [2.24, 2.45) is 0 Å². The first-order valence-electron chi connectivity index (χ1n) is 6.48. The van der Waals surface area contributed by atoms with E-state index in [1.807, 2.05) is 13.8 Å². The van der Waals surface area contributed by atoms with E-state index in [1.54, 1.807) is 0 Å². The summed E-state index contributed by atoms with van der Waals surface area (Å²) in [6, 6.07) is 0. The molecule has 0 bridgehead atoms. The zero-order valence-corrected chi connectivity index (χ0v) is 12.2. The second kappa shape index (κ2) is 6.65. The number of rotatable bonds is 8. The maximum Gasteiger partial charge on any atom is 0.327 e. The lowest BCUT2D eigenvalue weighted by Crippen LogP contribution is -2.58. The molecule has 1 aliphatic rings. The van der Waals surface area contributed by atoms with Crippen LogP contribution in [0.5, 0.6) is 0 Å². The summed E-state index contributed by atoms with van der Waals surface area (Å²) < 4.78 is 33.2. The average Bonchev–Trinajstić information content (AvgIpc) is 2.78. The predicted octanol–water partition coefficient (Wildman–Crippen LogP) is 0.187. The number of carboxylic acids is 1. The van der Waals surface area contributed by atoms with Crippen molar-refractivity contribution in [3.05, 3.63) is 0 Å². The highest BCUT2D eigenvalue weighted by Gasteiger charge is 2.46. The summed E-state index contributed by atoms with van der Waals surface area (Å²) in [5.41, 5.74) is -1.53. The summed E-state index contributed by atoms with van der Waals surface area (Å²) in [5.74, 6) is -1.19. The van der Waals surface area contributed by atoms with Crippen molar-refractivity contribution in [1.29, 1.82) is 0 Å². The van der Waals surface area contributed by atoms with Crippen LogP contribution in [0.2, 0.25) is 0 Å². The summed E-state index contributed by atoms with van der Waals surface area (Å²) in [5, 5.41) is 9.24. The quantitative estimate of drug-likeness (QED) is 0.666. The zero-order chi connectivity index (χ0) is 14.5. The molecule has 8 heteroatoms. The Bertz CT molecular complexity index is 397. The molecule has 0 aromatic heterocycles. The average molecular weight is 294 g/mol. The number of carbonyl (C=O) groups is 1. The van der Waals surface area contributed by atoms with Gasteiger partial charge < -0.3 is 9.84 Å². The van der Waals surface area contributed by atoms with Gasteiger partial charge in [0.25, 0.3) is 10.2 Å². The van der Waals surface area contributed by atoms with Crippen LogP contribution in [0.4, 0.5) is 0 Å². The van der Waals surface area contributed by atoms with E-state index in [2.05, 4.69) is 4.72 Å². The van der Waals surface area contributed by atoms with E-state index in [9.17, 15) is 18.3 Å². The van der Waals surface area contributed by atoms with Crippen molar-refractivity contribution < 1.29 is 23.1 Å². The van der Waals surface area contributed by atoms with Crippen molar-refractivity contribution in [3.8, 4) is 0 Å². The van der Waals surface area contributed by atoms with E-state index >= 15 is 0 Å². The molecule has 0 aromatic carbocycles. The van der Waals surface area contributed by atoms with Crippen LogP contribution < -0.4 is 4.72 Å². The lowest BCUT2D eigenvalue weighted by atomic mass is 10.0. The molecule has 7 nitrogen and oxygen atoms in total. The van der Waals surface area contributed by atoms with Crippen molar-refractivity contribution in [3.63, 3.8) is 0 Å². The monoisotopic (exact) mass is 294 g/mol. The van der Waals surface area contributed by atoms with Crippen LogP contribution in [0.3, 0.4) is 0 Å². The molecule has 1 rings (SSSR count). The number of nitrogens with one attached hydrogen (secondary N) is 1. The molecule has 1 aliphatic heterocycles. The summed E-state index contributed by atoms with van der Waals surface area (Å²) in [7, 11) is -3.81. The van der Waals surface area contributed by atoms with Gasteiger partial charge in [0, 0.05) is 26.1 Å². The van der Waals surface area contributed by atoms with E-state index in [0.717, 1.165) is 0 Å². The van der Waals surface area contributed by atoms with E-state index in [0.29, 0.717) is 25.9 Å². The Kier molecular flexibility index (Phi) is 5.72. The van der Waals surface area contributed by atoms with Gasteiger partial charge in [-0.1, -0.05) is 13.8 Å². The molecule has 0 aromatic rings. The molecule has 0 aliphatic carbocycles. The number of aliphatic carboxylic acids is 1. The van der Waals surface area contributed by atoms with Gasteiger partial charge in [-0.15, -0.1) is 0 Å². The van der Waals surface area contributed by atoms with Crippen LogP contribution in [0, 0.1) is 0 Å². The van der Waals surface area contributed by atoms with E-state index in [1.165, 1.54) is 4.31 Å². The number of hydrogen-bond acceptors (Lipinski definition) is 4. The van der Waals surface area contributed by atoms with Gasteiger partial charge in [0.2, 0.25) is 0 Å². The third kappa shape index (κ3) is 3.88. The Labute approximate surface area is 114 Å².